The molecule has 4 heteroatoms. The number of hydrogen-bond acceptors (Lipinski definition) is 2. The second kappa shape index (κ2) is 7.98. The Morgan fingerprint density at radius 3 is 2.38 bits per heavy atom. The highest BCUT2D eigenvalue weighted by atomic mass is 35.5. The molecule has 0 aliphatic carbocycles. The largest absolute Gasteiger partial charge is 0.330 e. The molecule has 0 aliphatic heterocycles. The van der Waals surface area contributed by atoms with E-state index in [2.05, 4.69) is 18.1 Å². The van der Waals surface area contributed by atoms with Crippen molar-refractivity contribution in [1.82, 2.24) is 9.88 Å². The predicted molar refractivity (Wildman–Crippen MR) is 108 cm³/mol. The molecule has 3 rings (SSSR count). The van der Waals surface area contributed by atoms with Gasteiger partial charge in [-0.2, -0.15) is 0 Å². The number of carbonyl (C=O) groups is 1. The quantitative estimate of drug-likeness (QED) is 0.552. The van der Waals surface area contributed by atoms with E-state index in [1.54, 1.807) is 17.1 Å². The van der Waals surface area contributed by atoms with E-state index in [1.807, 2.05) is 54.6 Å². The molecule has 130 valence electrons. The Morgan fingerprint density at radius 1 is 1.04 bits per heavy atom. The molecule has 1 aromatic heterocycles. The van der Waals surface area contributed by atoms with Crippen molar-refractivity contribution >= 4 is 28.3 Å². The molecule has 0 spiro atoms. The maximum atomic E-state index is 13.0. The lowest BCUT2D eigenvalue weighted by Gasteiger charge is -2.19. The van der Waals surface area contributed by atoms with Crippen LogP contribution in [0.1, 0.15) is 10.5 Å². The molecule has 0 aliphatic rings. The number of hydrogen-bond donors (Lipinski definition) is 0. The van der Waals surface area contributed by atoms with E-state index >= 15 is 0 Å². The maximum absolute atomic E-state index is 13.0. The fourth-order valence-electron chi connectivity index (χ4n) is 2.88. The number of carbonyl (C=O) groups excluding carboxylic acids is 1. The predicted octanol–water partition coefficient (Wildman–Crippen LogP) is 5.37. The Kier molecular flexibility index (Phi) is 5.49. The van der Waals surface area contributed by atoms with Gasteiger partial charge in [-0.3, -0.25) is 4.79 Å². The monoisotopic (exact) mass is 362 g/mol. The molecule has 0 N–H and O–H groups in total. The summed E-state index contributed by atoms with van der Waals surface area (Å²) >= 11 is 6.39. The molecular formula is C22H19ClN2O. The molecule has 2 aromatic carbocycles. The van der Waals surface area contributed by atoms with Crippen LogP contribution in [0, 0.1) is 0 Å². The number of halogens is 1. The fraction of sp³-hybridized carbons (Fsp3) is 0.0909. The number of fused-ring (bicyclic) bond motifs is 1. The molecule has 3 aromatic rings. The molecule has 0 fully saturated rings. The standard InChI is InChI=1S/C22H19ClN2O/c1-3-13-25(14-4-2)22(26)20-15-16-9-5-6-10-17(16)21(24-20)18-11-7-8-12-19(18)23/h3-12,15H,1-2,13-14H2. The number of nitrogens with zero attached hydrogens (tertiary/aromatic N) is 2. The zero-order chi connectivity index (χ0) is 18.5. The lowest BCUT2D eigenvalue weighted by atomic mass is 10.0. The average molecular weight is 363 g/mol. The lowest BCUT2D eigenvalue weighted by molar-refractivity contribution is 0.0785. The van der Waals surface area contributed by atoms with E-state index < -0.39 is 0 Å². The molecule has 0 atom stereocenters. The second-order valence-corrected chi connectivity index (χ2v) is 6.25. The van der Waals surface area contributed by atoms with Crippen LogP contribution in [-0.2, 0) is 0 Å². The van der Waals surface area contributed by atoms with Gasteiger partial charge in [-0.1, -0.05) is 66.2 Å². The smallest absolute Gasteiger partial charge is 0.273 e. The Balaban J connectivity index is 2.19. The van der Waals surface area contributed by atoms with E-state index in [9.17, 15) is 4.79 Å². The zero-order valence-corrected chi connectivity index (χ0v) is 15.1. The summed E-state index contributed by atoms with van der Waals surface area (Å²) in [6.07, 6.45) is 3.38. The van der Waals surface area contributed by atoms with Gasteiger partial charge in [0.15, 0.2) is 0 Å². The van der Waals surface area contributed by atoms with Gasteiger partial charge in [0.05, 0.1) is 5.69 Å². The van der Waals surface area contributed by atoms with Gasteiger partial charge in [-0.15, -0.1) is 13.2 Å². The number of pyridine rings is 1. The normalized spacial score (nSPS) is 10.5. The summed E-state index contributed by atoms with van der Waals surface area (Å²) in [5, 5.41) is 2.50. The minimum Gasteiger partial charge on any atom is -0.330 e. The fourth-order valence-corrected chi connectivity index (χ4v) is 3.11. The summed E-state index contributed by atoms with van der Waals surface area (Å²) in [6.45, 7) is 8.30. The molecule has 0 saturated heterocycles. The topological polar surface area (TPSA) is 33.2 Å². The number of aromatic nitrogens is 1. The van der Waals surface area contributed by atoms with Gasteiger partial charge in [0.25, 0.3) is 5.91 Å². The van der Waals surface area contributed by atoms with Crippen molar-refractivity contribution in [3.05, 3.63) is 90.6 Å². The summed E-state index contributed by atoms with van der Waals surface area (Å²) in [5.41, 5.74) is 1.88. The van der Waals surface area contributed by atoms with Crippen LogP contribution < -0.4 is 0 Å². The van der Waals surface area contributed by atoms with Gasteiger partial charge in [0, 0.05) is 29.1 Å². The first kappa shape index (κ1) is 17.9. The van der Waals surface area contributed by atoms with Crippen molar-refractivity contribution < 1.29 is 4.79 Å². The van der Waals surface area contributed by atoms with E-state index in [4.69, 9.17) is 11.6 Å². The van der Waals surface area contributed by atoms with Crippen molar-refractivity contribution in [2.75, 3.05) is 13.1 Å². The zero-order valence-electron chi connectivity index (χ0n) is 14.4. The van der Waals surface area contributed by atoms with Crippen molar-refractivity contribution in [2.24, 2.45) is 0 Å². The lowest BCUT2D eigenvalue weighted by Crippen LogP contribution is -2.32. The highest BCUT2D eigenvalue weighted by Crippen LogP contribution is 2.32. The second-order valence-electron chi connectivity index (χ2n) is 5.84. The summed E-state index contributed by atoms with van der Waals surface area (Å²) in [6, 6.07) is 17.2. The van der Waals surface area contributed by atoms with Crippen LogP contribution in [0.4, 0.5) is 0 Å². The first-order valence-electron chi connectivity index (χ1n) is 8.31. The van der Waals surface area contributed by atoms with Crippen LogP contribution in [0.3, 0.4) is 0 Å². The highest BCUT2D eigenvalue weighted by molar-refractivity contribution is 6.33. The summed E-state index contributed by atoms with van der Waals surface area (Å²) in [4.78, 5) is 19.3. The Morgan fingerprint density at radius 2 is 1.69 bits per heavy atom. The average Bonchev–Trinajstić information content (AvgIpc) is 2.67. The molecular weight excluding hydrogens is 344 g/mol. The van der Waals surface area contributed by atoms with Gasteiger partial charge in [0.2, 0.25) is 0 Å². The van der Waals surface area contributed by atoms with Gasteiger partial charge >= 0.3 is 0 Å². The van der Waals surface area contributed by atoms with Crippen molar-refractivity contribution in [3.8, 4) is 11.3 Å². The summed E-state index contributed by atoms with van der Waals surface area (Å²) in [7, 11) is 0. The van der Waals surface area contributed by atoms with Gasteiger partial charge in [0.1, 0.15) is 5.69 Å². The van der Waals surface area contributed by atoms with Crippen LogP contribution >= 0.6 is 11.6 Å². The molecule has 0 bridgehead atoms. The molecule has 0 saturated carbocycles. The maximum Gasteiger partial charge on any atom is 0.273 e. The van der Waals surface area contributed by atoms with Crippen molar-refractivity contribution in [3.63, 3.8) is 0 Å². The molecule has 26 heavy (non-hydrogen) atoms. The summed E-state index contributed by atoms with van der Waals surface area (Å²) in [5.74, 6) is -0.163. The van der Waals surface area contributed by atoms with E-state index in [0.717, 1.165) is 16.3 Å². The highest BCUT2D eigenvalue weighted by Gasteiger charge is 2.18. The molecule has 1 amide bonds. The minimum absolute atomic E-state index is 0.163. The molecule has 0 unspecified atom stereocenters. The van der Waals surface area contributed by atoms with Gasteiger partial charge in [-0.25, -0.2) is 4.98 Å². The Hall–Kier alpha value is -2.91. The molecule has 1 heterocycles. The number of rotatable bonds is 6. The number of amides is 1. The molecule has 3 nitrogen and oxygen atoms in total. The van der Waals surface area contributed by atoms with Gasteiger partial charge < -0.3 is 4.90 Å². The van der Waals surface area contributed by atoms with Crippen LogP contribution in [-0.4, -0.2) is 28.9 Å². The first-order valence-corrected chi connectivity index (χ1v) is 8.69. The van der Waals surface area contributed by atoms with Crippen LogP contribution in [0.2, 0.25) is 5.02 Å². The van der Waals surface area contributed by atoms with E-state index in [-0.39, 0.29) is 5.91 Å². The summed E-state index contributed by atoms with van der Waals surface area (Å²) < 4.78 is 0. The minimum atomic E-state index is -0.163. The first-order chi connectivity index (χ1) is 12.7. The van der Waals surface area contributed by atoms with E-state index in [1.165, 1.54) is 0 Å². The Labute approximate surface area is 158 Å². The van der Waals surface area contributed by atoms with E-state index in [0.29, 0.717) is 29.5 Å². The number of benzene rings is 2. The third-order valence-electron chi connectivity index (χ3n) is 4.07. The van der Waals surface area contributed by atoms with Crippen molar-refractivity contribution in [2.45, 2.75) is 0 Å². The van der Waals surface area contributed by atoms with Crippen LogP contribution in [0.25, 0.3) is 22.0 Å². The van der Waals surface area contributed by atoms with Crippen LogP contribution in [0.5, 0.6) is 0 Å². The van der Waals surface area contributed by atoms with Gasteiger partial charge in [-0.05, 0) is 17.5 Å². The van der Waals surface area contributed by atoms with Crippen LogP contribution in [0.15, 0.2) is 79.9 Å². The SMILES string of the molecule is C=CCN(CC=C)C(=O)c1cc2ccccc2c(-c2ccccc2Cl)n1. The third-order valence-corrected chi connectivity index (χ3v) is 4.40. The Bertz CT molecular complexity index is 971. The molecule has 0 radical (unpaired) electrons. The third kappa shape index (κ3) is 3.53. The van der Waals surface area contributed by atoms with Crippen molar-refractivity contribution in [1.29, 1.82) is 0 Å².